The SMILES string of the molecule is CCOC(=O)C[C@@H]1CCN[C@H](c2ccccc2)C1. The van der Waals surface area contributed by atoms with Gasteiger partial charge in [-0.25, -0.2) is 0 Å². The first kappa shape index (κ1) is 13.1. The molecule has 0 saturated carbocycles. The maximum Gasteiger partial charge on any atom is 0.306 e. The number of nitrogens with one attached hydrogen (secondary N) is 1. The molecule has 0 aromatic heterocycles. The van der Waals surface area contributed by atoms with E-state index in [0.717, 1.165) is 19.4 Å². The van der Waals surface area contributed by atoms with E-state index < -0.39 is 0 Å². The van der Waals surface area contributed by atoms with E-state index in [0.29, 0.717) is 25.0 Å². The molecule has 2 rings (SSSR count). The van der Waals surface area contributed by atoms with Gasteiger partial charge in [0.25, 0.3) is 0 Å². The normalized spacial score (nSPS) is 23.6. The summed E-state index contributed by atoms with van der Waals surface area (Å²) < 4.78 is 5.03. The summed E-state index contributed by atoms with van der Waals surface area (Å²) in [5.41, 5.74) is 1.31. The van der Waals surface area contributed by atoms with Crippen LogP contribution in [0.25, 0.3) is 0 Å². The highest BCUT2D eigenvalue weighted by Gasteiger charge is 2.24. The van der Waals surface area contributed by atoms with Crippen molar-refractivity contribution >= 4 is 5.97 Å². The van der Waals surface area contributed by atoms with Crippen LogP contribution in [0.4, 0.5) is 0 Å². The highest BCUT2D eigenvalue weighted by molar-refractivity contribution is 5.69. The van der Waals surface area contributed by atoms with Crippen LogP contribution < -0.4 is 5.32 Å². The van der Waals surface area contributed by atoms with Crippen LogP contribution in [0, 0.1) is 5.92 Å². The van der Waals surface area contributed by atoms with E-state index in [9.17, 15) is 4.79 Å². The molecule has 18 heavy (non-hydrogen) atoms. The number of esters is 1. The molecular formula is C15H21NO2. The van der Waals surface area contributed by atoms with E-state index in [4.69, 9.17) is 4.74 Å². The van der Waals surface area contributed by atoms with Gasteiger partial charge in [0.2, 0.25) is 0 Å². The maximum absolute atomic E-state index is 11.5. The summed E-state index contributed by atoms with van der Waals surface area (Å²) in [7, 11) is 0. The van der Waals surface area contributed by atoms with Crippen LogP contribution in [0.2, 0.25) is 0 Å². The summed E-state index contributed by atoms with van der Waals surface area (Å²) in [4.78, 5) is 11.5. The van der Waals surface area contributed by atoms with Crippen molar-refractivity contribution in [2.24, 2.45) is 5.92 Å². The van der Waals surface area contributed by atoms with Gasteiger partial charge in [-0.2, -0.15) is 0 Å². The first-order valence-electron chi connectivity index (χ1n) is 6.73. The number of carbonyl (C=O) groups is 1. The van der Waals surface area contributed by atoms with E-state index in [1.807, 2.05) is 13.0 Å². The Morgan fingerprint density at radius 3 is 2.89 bits per heavy atom. The minimum atomic E-state index is -0.0591. The van der Waals surface area contributed by atoms with Crippen molar-refractivity contribution in [2.75, 3.05) is 13.2 Å². The lowest BCUT2D eigenvalue weighted by atomic mass is 9.87. The Morgan fingerprint density at radius 2 is 2.17 bits per heavy atom. The fraction of sp³-hybridized carbons (Fsp3) is 0.533. The van der Waals surface area contributed by atoms with Crippen LogP contribution in [-0.2, 0) is 9.53 Å². The molecule has 3 nitrogen and oxygen atoms in total. The Labute approximate surface area is 109 Å². The molecule has 0 aliphatic carbocycles. The zero-order chi connectivity index (χ0) is 12.8. The standard InChI is InChI=1S/C15H21NO2/c1-2-18-15(17)11-12-8-9-16-14(10-12)13-6-4-3-5-7-13/h3-7,12,14,16H,2,8-11H2,1H3/t12-,14+/m1/s1. The lowest BCUT2D eigenvalue weighted by Gasteiger charge is -2.30. The summed E-state index contributed by atoms with van der Waals surface area (Å²) in [5, 5.41) is 3.52. The Morgan fingerprint density at radius 1 is 1.39 bits per heavy atom. The molecule has 1 aromatic rings. The molecule has 3 heteroatoms. The van der Waals surface area contributed by atoms with Crippen molar-refractivity contribution in [3.63, 3.8) is 0 Å². The summed E-state index contributed by atoms with van der Waals surface area (Å²) in [5.74, 6) is 0.381. The van der Waals surface area contributed by atoms with Gasteiger partial charge in [-0.1, -0.05) is 30.3 Å². The van der Waals surface area contributed by atoms with Gasteiger partial charge < -0.3 is 10.1 Å². The molecule has 1 N–H and O–H groups in total. The van der Waals surface area contributed by atoms with Crippen LogP contribution in [0.1, 0.15) is 37.8 Å². The lowest BCUT2D eigenvalue weighted by Crippen LogP contribution is -2.32. The number of benzene rings is 1. The number of ether oxygens (including phenoxy) is 1. The van der Waals surface area contributed by atoms with Crippen LogP contribution in [0.3, 0.4) is 0 Å². The summed E-state index contributed by atoms with van der Waals surface area (Å²) >= 11 is 0. The van der Waals surface area contributed by atoms with Gasteiger partial charge in [-0.05, 0) is 37.8 Å². The van der Waals surface area contributed by atoms with E-state index in [-0.39, 0.29) is 5.97 Å². The van der Waals surface area contributed by atoms with Crippen molar-refractivity contribution in [1.82, 2.24) is 5.32 Å². The van der Waals surface area contributed by atoms with Gasteiger partial charge >= 0.3 is 5.97 Å². The second kappa shape index (κ2) is 6.55. The third-order valence-corrected chi connectivity index (χ3v) is 3.47. The van der Waals surface area contributed by atoms with Gasteiger partial charge in [0.15, 0.2) is 0 Å². The molecule has 1 aliphatic rings. The van der Waals surface area contributed by atoms with Gasteiger partial charge in [-0.3, -0.25) is 4.79 Å². The molecule has 1 saturated heterocycles. The Balaban J connectivity index is 1.91. The quantitative estimate of drug-likeness (QED) is 0.831. The van der Waals surface area contributed by atoms with Crippen LogP contribution >= 0.6 is 0 Å². The molecule has 0 spiro atoms. The zero-order valence-electron chi connectivity index (χ0n) is 10.9. The minimum absolute atomic E-state index is 0.0591. The molecule has 0 unspecified atom stereocenters. The molecule has 2 atom stereocenters. The molecule has 98 valence electrons. The Hall–Kier alpha value is -1.35. The molecule has 0 bridgehead atoms. The molecule has 1 aromatic carbocycles. The van der Waals surface area contributed by atoms with E-state index in [1.54, 1.807) is 0 Å². The van der Waals surface area contributed by atoms with Crippen LogP contribution in [0.15, 0.2) is 30.3 Å². The van der Waals surface area contributed by atoms with Crippen molar-refractivity contribution < 1.29 is 9.53 Å². The topological polar surface area (TPSA) is 38.3 Å². The average Bonchev–Trinajstić information content (AvgIpc) is 2.40. The summed E-state index contributed by atoms with van der Waals surface area (Å²) in [6.07, 6.45) is 2.63. The second-order valence-corrected chi connectivity index (χ2v) is 4.82. The third-order valence-electron chi connectivity index (χ3n) is 3.47. The van der Waals surface area contributed by atoms with Crippen molar-refractivity contribution in [3.8, 4) is 0 Å². The molecular weight excluding hydrogens is 226 g/mol. The molecule has 1 aliphatic heterocycles. The van der Waals surface area contributed by atoms with Crippen molar-refractivity contribution in [1.29, 1.82) is 0 Å². The number of hydrogen-bond donors (Lipinski definition) is 1. The molecule has 0 amide bonds. The zero-order valence-corrected chi connectivity index (χ0v) is 10.9. The Bertz CT molecular complexity index is 377. The first-order chi connectivity index (χ1) is 8.79. The number of piperidine rings is 1. The van der Waals surface area contributed by atoms with Gasteiger partial charge in [0.05, 0.1) is 6.61 Å². The van der Waals surface area contributed by atoms with Gasteiger partial charge in [-0.15, -0.1) is 0 Å². The Kier molecular flexibility index (Phi) is 4.76. The predicted molar refractivity (Wildman–Crippen MR) is 71.2 cm³/mol. The fourth-order valence-corrected chi connectivity index (χ4v) is 2.58. The summed E-state index contributed by atoms with van der Waals surface area (Å²) in [6.45, 7) is 3.31. The van der Waals surface area contributed by atoms with E-state index in [1.165, 1.54) is 5.56 Å². The highest BCUT2D eigenvalue weighted by atomic mass is 16.5. The largest absolute Gasteiger partial charge is 0.466 e. The average molecular weight is 247 g/mol. The van der Waals surface area contributed by atoms with Gasteiger partial charge in [0.1, 0.15) is 0 Å². The fourth-order valence-electron chi connectivity index (χ4n) is 2.58. The van der Waals surface area contributed by atoms with Crippen molar-refractivity contribution in [2.45, 2.75) is 32.2 Å². The van der Waals surface area contributed by atoms with Crippen molar-refractivity contribution in [3.05, 3.63) is 35.9 Å². The second-order valence-electron chi connectivity index (χ2n) is 4.82. The minimum Gasteiger partial charge on any atom is -0.466 e. The monoisotopic (exact) mass is 247 g/mol. The third kappa shape index (κ3) is 3.57. The van der Waals surface area contributed by atoms with E-state index in [2.05, 4.69) is 29.6 Å². The van der Waals surface area contributed by atoms with E-state index >= 15 is 0 Å². The predicted octanol–water partition coefficient (Wildman–Crippen LogP) is 2.68. The van der Waals surface area contributed by atoms with Gasteiger partial charge in [0, 0.05) is 12.5 Å². The molecule has 1 heterocycles. The van der Waals surface area contributed by atoms with Crippen LogP contribution in [0.5, 0.6) is 0 Å². The lowest BCUT2D eigenvalue weighted by molar-refractivity contribution is -0.144. The molecule has 0 radical (unpaired) electrons. The highest BCUT2D eigenvalue weighted by Crippen LogP contribution is 2.29. The first-order valence-corrected chi connectivity index (χ1v) is 6.73. The summed E-state index contributed by atoms with van der Waals surface area (Å²) in [6, 6.07) is 10.8. The number of rotatable bonds is 4. The maximum atomic E-state index is 11.5. The number of carbonyl (C=O) groups excluding carboxylic acids is 1. The molecule has 1 fully saturated rings. The van der Waals surface area contributed by atoms with Crippen LogP contribution in [-0.4, -0.2) is 19.1 Å². The number of hydrogen-bond acceptors (Lipinski definition) is 3. The smallest absolute Gasteiger partial charge is 0.306 e.